The van der Waals surface area contributed by atoms with Crippen molar-refractivity contribution >= 4 is 17.7 Å². The topological polar surface area (TPSA) is 74.7 Å². The minimum Gasteiger partial charge on any atom is -0.481 e. The molecular formula is C16H17NO4. The Morgan fingerprint density at radius 2 is 1.62 bits per heavy atom. The SMILES string of the molecule is O=C(O)C1CC2CN(C(=O)c3ccccc3)CC(C1)C2=O. The minimum absolute atomic E-state index is 0.0770. The summed E-state index contributed by atoms with van der Waals surface area (Å²) in [6.07, 6.45) is 0.701. The van der Waals surface area contributed by atoms with Crippen LogP contribution in [0.1, 0.15) is 23.2 Å². The molecule has 5 heteroatoms. The summed E-state index contributed by atoms with van der Waals surface area (Å²) in [6.45, 7) is 0.680. The van der Waals surface area contributed by atoms with Gasteiger partial charge in [0, 0.05) is 30.5 Å². The second-order valence-electron chi connectivity index (χ2n) is 5.88. The largest absolute Gasteiger partial charge is 0.481 e. The van der Waals surface area contributed by atoms with Crippen LogP contribution in [0.15, 0.2) is 30.3 Å². The van der Waals surface area contributed by atoms with E-state index >= 15 is 0 Å². The number of rotatable bonds is 2. The molecule has 0 radical (unpaired) electrons. The first-order valence-electron chi connectivity index (χ1n) is 7.17. The summed E-state index contributed by atoms with van der Waals surface area (Å²) in [7, 11) is 0. The lowest BCUT2D eigenvalue weighted by atomic mass is 9.71. The van der Waals surface area contributed by atoms with Gasteiger partial charge in [0.1, 0.15) is 5.78 Å². The van der Waals surface area contributed by atoms with E-state index in [0.29, 0.717) is 31.5 Å². The number of hydrogen-bond acceptors (Lipinski definition) is 3. The molecule has 1 amide bonds. The summed E-state index contributed by atoms with van der Waals surface area (Å²) in [6, 6.07) is 8.99. The van der Waals surface area contributed by atoms with E-state index in [1.165, 1.54) is 0 Å². The summed E-state index contributed by atoms with van der Waals surface area (Å²) in [5, 5.41) is 9.14. The van der Waals surface area contributed by atoms with Crippen molar-refractivity contribution in [1.29, 1.82) is 0 Å². The molecule has 2 unspecified atom stereocenters. The Morgan fingerprint density at radius 3 is 2.14 bits per heavy atom. The van der Waals surface area contributed by atoms with Gasteiger partial charge in [-0.25, -0.2) is 0 Å². The van der Waals surface area contributed by atoms with Gasteiger partial charge in [-0.1, -0.05) is 18.2 Å². The number of carboxylic acids is 1. The van der Waals surface area contributed by atoms with Crippen molar-refractivity contribution in [1.82, 2.24) is 4.90 Å². The number of nitrogens with zero attached hydrogens (tertiary/aromatic N) is 1. The van der Waals surface area contributed by atoms with E-state index in [2.05, 4.69) is 0 Å². The number of carbonyl (C=O) groups is 3. The number of likely N-dealkylation sites (tertiary alicyclic amines) is 1. The predicted octanol–water partition coefficient (Wildman–Crippen LogP) is 1.44. The number of Topliss-reactive ketones (excluding diaryl/α,β-unsaturated/α-hetero) is 1. The number of piperidine rings is 1. The van der Waals surface area contributed by atoms with Crippen LogP contribution in [0.2, 0.25) is 0 Å². The first-order chi connectivity index (χ1) is 10.1. The molecule has 1 saturated carbocycles. The third-order valence-electron chi connectivity index (χ3n) is 4.48. The highest BCUT2D eigenvalue weighted by molar-refractivity contribution is 5.96. The number of carboxylic acid groups (broad SMARTS) is 1. The van der Waals surface area contributed by atoms with Crippen molar-refractivity contribution in [2.75, 3.05) is 13.1 Å². The summed E-state index contributed by atoms with van der Waals surface area (Å²) < 4.78 is 0. The molecule has 1 N–H and O–H groups in total. The number of carbonyl (C=O) groups excluding carboxylic acids is 2. The van der Waals surface area contributed by atoms with Gasteiger partial charge in [0.2, 0.25) is 0 Å². The predicted molar refractivity (Wildman–Crippen MR) is 74.7 cm³/mol. The van der Waals surface area contributed by atoms with Gasteiger partial charge < -0.3 is 10.0 Å². The van der Waals surface area contributed by atoms with Gasteiger partial charge in [0.15, 0.2) is 0 Å². The van der Waals surface area contributed by atoms with Gasteiger partial charge in [0.25, 0.3) is 5.91 Å². The van der Waals surface area contributed by atoms with Crippen LogP contribution in [-0.2, 0) is 9.59 Å². The number of aliphatic carboxylic acids is 1. The van der Waals surface area contributed by atoms with Gasteiger partial charge in [-0.2, -0.15) is 0 Å². The molecule has 2 fully saturated rings. The monoisotopic (exact) mass is 287 g/mol. The molecule has 1 aromatic carbocycles. The van der Waals surface area contributed by atoms with Gasteiger partial charge in [0.05, 0.1) is 5.92 Å². The Morgan fingerprint density at radius 1 is 1.05 bits per heavy atom. The van der Waals surface area contributed by atoms with Crippen LogP contribution < -0.4 is 0 Å². The van der Waals surface area contributed by atoms with Crippen molar-refractivity contribution in [3.8, 4) is 0 Å². The lowest BCUT2D eigenvalue weighted by Gasteiger charge is -2.42. The van der Waals surface area contributed by atoms with Crippen LogP contribution in [0, 0.1) is 17.8 Å². The molecular weight excluding hydrogens is 270 g/mol. The summed E-state index contributed by atoms with van der Waals surface area (Å²) in [4.78, 5) is 37.4. The van der Waals surface area contributed by atoms with Crippen LogP contribution in [0.5, 0.6) is 0 Å². The average molecular weight is 287 g/mol. The second-order valence-corrected chi connectivity index (χ2v) is 5.88. The molecule has 3 rings (SSSR count). The number of hydrogen-bond donors (Lipinski definition) is 1. The van der Waals surface area contributed by atoms with Crippen LogP contribution >= 0.6 is 0 Å². The molecule has 1 saturated heterocycles. The maximum Gasteiger partial charge on any atom is 0.306 e. The highest BCUT2D eigenvalue weighted by Crippen LogP contribution is 2.36. The number of fused-ring (bicyclic) bond motifs is 2. The van der Waals surface area contributed by atoms with Gasteiger partial charge in [-0.05, 0) is 25.0 Å². The third-order valence-corrected chi connectivity index (χ3v) is 4.48. The molecule has 2 atom stereocenters. The molecule has 5 nitrogen and oxygen atoms in total. The van der Waals surface area contributed by atoms with Crippen LogP contribution in [0.4, 0.5) is 0 Å². The van der Waals surface area contributed by atoms with Crippen molar-refractivity contribution in [3.05, 3.63) is 35.9 Å². The summed E-state index contributed by atoms with van der Waals surface area (Å²) >= 11 is 0. The fourth-order valence-electron chi connectivity index (χ4n) is 3.42. The fraction of sp³-hybridized carbons (Fsp3) is 0.438. The Kier molecular flexibility index (Phi) is 3.49. The summed E-state index contributed by atoms with van der Waals surface area (Å²) in [5.74, 6) is -1.89. The molecule has 0 aromatic heterocycles. The quantitative estimate of drug-likeness (QED) is 0.893. The van der Waals surface area contributed by atoms with Crippen LogP contribution in [0.3, 0.4) is 0 Å². The molecule has 1 aliphatic carbocycles. The van der Waals surface area contributed by atoms with E-state index in [-0.39, 0.29) is 23.5 Å². The highest BCUT2D eigenvalue weighted by atomic mass is 16.4. The molecule has 1 heterocycles. The standard InChI is InChI=1S/C16H17NO4/c18-14-12-6-11(16(20)21)7-13(14)9-17(8-12)15(19)10-4-2-1-3-5-10/h1-5,11-13H,6-9H2,(H,20,21). The van der Waals surface area contributed by atoms with E-state index in [0.717, 1.165) is 0 Å². The lowest BCUT2D eigenvalue weighted by Crippen LogP contribution is -2.53. The Hall–Kier alpha value is -2.17. The van der Waals surface area contributed by atoms with E-state index in [9.17, 15) is 14.4 Å². The lowest BCUT2D eigenvalue weighted by molar-refractivity contribution is -0.148. The van der Waals surface area contributed by atoms with Gasteiger partial charge in [-0.15, -0.1) is 0 Å². The smallest absolute Gasteiger partial charge is 0.306 e. The summed E-state index contributed by atoms with van der Waals surface area (Å²) in [5.41, 5.74) is 0.611. The molecule has 1 aliphatic heterocycles. The van der Waals surface area contributed by atoms with Crippen molar-refractivity contribution in [3.63, 3.8) is 0 Å². The molecule has 1 aromatic rings. The maximum atomic E-state index is 12.5. The van der Waals surface area contributed by atoms with Gasteiger partial charge >= 0.3 is 5.97 Å². The fourth-order valence-corrected chi connectivity index (χ4v) is 3.42. The molecule has 2 bridgehead atoms. The van der Waals surface area contributed by atoms with Crippen LogP contribution in [0.25, 0.3) is 0 Å². The zero-order valence-electron chi connectivity index (χ0n) is 11.6. The normalized spacial score (nSPS) is 28.3. The van der Waals surface area contributed by atoms with E-state index in [4.69, 9.17) is 5.11 Å². The zero-order valence-corrected chi connectivity index (χ0v) is 11.6. The minimum atomic E-state index is -0.833. The third kappa shape index (κ3) is 2.55. The van der Waals surface area contributed by atoms with Crippen molar-refractivity contribution in [2.45, 2.75) is 12.8 Å². The van der Waals surface area contributed by atoms with Crippen molar-refractivity contribution in [2.24, 2.45) is 17.8 Å². The van der Waals surface area contributed by atoms with E-state index < -0.39 is 11.9 Å². The maximum absolute atomic E-state index is 12.5. The highest BCUT2D eigenvalue weighted by Gasteiger charge is 2.45. The molecule has 2 aliphatic rings. The van der Waals surface area contributed by atoms with Crippen LogP contribution in [-0.4, -0.2) is 40.8 Å². The molecule has 21 heavy (non-hydrogen) atoms. The zero-order chi connectivity index (χ0) is 15.0. The average Bonchev–Trinajstić information content (AvgIpc) is 2.47. The number of ketones is 1. The van der Waals surface area contributed by atoms with E-state index in [1.54, 1.807) is 17.0 Å². The molecule has 110 valence electrons. The first-order valence-corrected chi connectivity index (χ1v) is 7.17. The Balaban J connectivity index is 1.77. The number of amides is 1. The van der Waals surface area contributed by atoms with E-state index in [1.807, 2.05) is 18.2 Å². The Bertz CT molecular complexity index is 565. The van der Waals surface area contributed by atoms with Crippen molar-refractivity contribution < 1.29 is 19.5 Å². The first kappa shape index (κ1) is 13.8. The second kappa shape index (κ2) is 5.31. The number of benzene rings is 1. The molecule has 0 spiro atoms. The van der Waals surface area contributed by atoms with Gasteiger partial charge in [-0.3, -0.25) is 14.4 Å². The Labute approximate surface area is 122 Å².